The molecule has 1 aliphatic rings. The maximum atomic E-state index is 3.61. The number of nitrogens with zero attached hydrogens (tertiary/aromatic N) is 1. The van der Waals surface area contributed by atoms with Crippen LogP contribution in [0, 0.1) is 0 Å². The van der Waals surface area contributed by atoms with Crippen molar-refractivity contribution < 1.29 is 0 Å². The molecule has 0 aromatic carbocycles. The number of hydrogen-bond donors (Lipinski definition) is 1. The zero-order valence-electron chi connectivity index (χ0n) is 14.1. The first kappa shape index (κ1) is 17.1. The van der Waals surface area contributed by atoms with E-state index in [9.17, 15) is 0 Å². The van der Waals surface area contributed by atoms with Crippen LogP contribution in [0.25, 0.3) is 0 Å². The molecule has 1 heterocycles. The molecule has 1 aliphatic heterocycles. The first-order valence-corrected chi connectivity index (χ1v) is 14.3. The van der Waals surface area contributed by atoms with E-state index in [0.29, 0.717) is 5.54 Å². The summed E-state index contributed by atoms with van der Waals surface area (Å²) in [7, 11) is -1.14. The van der Waals surface area contributed by atoms with E-state index >= 15 is 0 Å². The average Bonchev–Trinajstić information content (AvgIpc) is 2.26. The predicted octanol–water partition coefficient (Wildman–Crippen LogP) is 2.36. The van der Waals surface area contributed by atoms with Gasteiger partial charge in [-0.15, -0.1) is 5.70 Å². The smallest absolute Gasteiger partial charge is 0.0532 e. The number of nitrogens with one attached hydrogen (secondary N) is 1. The van der Waals surface area contributed by atoms with Crippen LogP contribution in [0.2, 0.25) is 19.1 Å². The number of piperazine rings is 1. The molecule has 2 unspecified atom stereocenters. The van der Waals surface area contributed by atoms with E-state index in [1.165, 1.54) is 19.1 Å². The molecule has 2 nitrogen and oxygen atoms in total. The van der Waals surface area contributed by atoms with Crippen LogP contribution in [0.15, 0.2) is 11.3 Å². The molecule has 2 atom stereocenters. The van der Waals surface area contributed by atoms with Crippen LogP contribution >= 0.6 is 0 Å². The first-order chi connectivity index (χ1) is 8.71. The molecule has 0 bridgehead atoms. The Morgan fingerprint density at radius 2 is 1.95 bits per heavy atom. The maximum Gasteiger partial charge on any atom is 0.0532 e. The fraction of sp³-hybridized carbons (Fsp3) is 0.867. The SMILES string of the molecule is CC(C)=C[SiH](CC1CNCCN1C(C)(C)C)[SiH](C)C. The third kappa shape index (κ3) is 5.54. The van der Waals surface area contributed by atoms with Crippen LogP contribution < -0.4 is 5.32 Å². The summed E-state index contributed by atoms with van der Waals surface area (Å²) in [6.45, 7) is 20.3. The number of rotatable bonds is 4. The highest BCUT2D eigenvalue weighted by Gasteiger charge is 2.32. The summed E-state index contributed by atoms with van der Waals surface area (Å²) >= 11 is 0. The van der Waals surface area contributed by atoms with Gasteiger partial charge in [-0.25, -0.2) is 0 Å². The summed E-state index contributed by atoms with van der Waals surface area (Å²) < 4.78 is 0. The van der Waals surface area contributed by atoms with Crippen LogP contribution in [0.4, 0.5) is 0 Å². The number of allylic oxidation sites excluding steroid dienone is 1. The lowest BCUT2D eigenvalue weighted by Gasteiger charge is -2.46. The molecule has 1 saturated heterocycles. The molecule has 112 valence electrons. The van der Waals surface area contributed by atoms with Crippen molar-refractivity contribution in [2.24, 2.45) is 0 Å². The van der Waals surface area contributed by atoms with Gasteiger partial charge in [0.05, 0.1) is 8.31 Å². The molecule has 0 saturated carbocycles. The minimum atomic E-state index is -0.653. The topological polar surface area (TPSA) is 15.3 Å². The van der Waals surface area contributed by atoms with E-state index in [0.717, 1.165) is 12.6 Å². The Bertz CT molecular complexity index is 304. The maximum absolute atomic E-state index is 3.61. The average molecular weight is 299 g/mol. The second-order valence-corrected chi connectivity index (χ2v) is 18.8. The fourth-order valence-corrected chi connectivity index (χ4v) is 11.0. The molecule has 0 radical (unpaired) electrons. The van der Waals surface area contributed by atoms with Gasteiger partial charge in [-0.1, -0.05) is 18.7 Å². The molecule has 0 aromatic rings. The molecule has 1 fully saturated rings. The molecular formula is C15H34N2Si2. The standard InChI is InChI=1S/C15H34N2Si2/c1-13(2)11-19(18(6)7)12-14-10-16-8-9-17(14)15(3,4)5/h11,14,16,18-19H,8-10,12H2,1-7H3. The molecule has 0 aliphatic carbocycles. The Kier molecular flexibility index (Phi) is 6.50. The summed E-state index contributed by atoms with van der Waals surface area (Å²) in [5, 5.41) is 3.61. The molecule has 0 amide bonds. The van der Waals surface area contributed by atoms with Crippen LogP contribution in [-0.4, -0.2) is 52.7 Å². The van der Waals surface area contributed by atoms with E-state index in [1.807, 2.05) is 0 Å². The molecule has 1 rings (SSSR count). The lowest BCUT2D eigenvalue weighted by Crippen LogP contribution is -2.59. The third-order valence-electron chi connectivity index (χ3n) is 4.16. The van der Waals surface area contributed by atoms with E-state index in [-0.39, 0.29) is 0 Å². The zero-order chi connectivity index (χ0) is 14.6. The van der Waals surface area contributed by atoms with Crippen molar-refractivity contribution in [3.8, 4) is 0 Å². The van der Waals surface area contributed by atoms with E-state index in [1.54, 1.807) is 5.57 Å². The summed E-state index contributed by atoms with van der Waals surface area (Å²) in [5.41, 5.74) is 4.53. The zero-order valence-corrected chi connectivity index (χ0v) is 16.4. The highest BCUT2D eigenvalue weighted by molar-refractivity contribution is 7.23. The lowest BCUT2D eigenvalue weighted by atomic mass is 10.0. The van der Waals surface area contributed by atoms with Crippen molar-refractivity contribution in [2.45, 2.75) is 65.3 Å². The van der Waals surface area contributed by atoms with Crippen molar-refractivity contribution in [1.29, 1.82) is 0 Å². The predicted molar refractivity (Wildman–Crippen MR) is 93.4 cm³/mol. The van der Waals surface area contributed by atoms with Gasteiger partial charge in [0, 0.05) is 39.5 Å². The van der Waals surface area contributed by atoms with Crippen LogP contribution in [0.1, 0.15) is 34.6 Å². The van der Waals surface area contributed by atoms with E-state index in [4.69, 9.17) is 0 Å². The van der Waals surface area contributed by atoms with Gasteiger partial charge in [-0.3, -0.25) is 4.90 Å². The van der Waals surface area contributed by atoms with Crippen molar-refractivity contribution in [3.05, 3.63) is 11.3 Å². The summed E-state index contributed by atoms with van der Waals surface area (Å²) in [6, 6.07) is 2.23. The second-order valence-electron chi connectivity index (χ2n) is 7.61. The summed E-state index contributed by atoms with van der Waals surface area (Å²) in [6.07, 6.45) is 0. The molecule has 4 heteroatoms. The molecule has 19 heavy (non-hydrogen) atoms. The van der Waals surface area contributed by atoms with Crippen molar-refractivity contribution >= 4 is 16.6 Å². The molecule has 1 N–H and O–H groups in total. The highest BCUT2D eigenvalue weighted by atomic mass is 29.2. The monoisotopic (exact) mass is 298 g/mol. The van der Waals surface area contributed by atoms with Crippen molar-refractivity contribution in [3.63, 3.8) is 0 Å². The van der Waals surface area contributed by atoms with E-state index in [2.05, 4.69) is 63.6 Å². The first-order valence-electron chi connectivity index (χ1n) is 7.84. The van der Waals surface area contributed by atoms with E-state index < -0.39 is 16.6 Å². The Morgan fingerprint density at radius 3 is 2.42 bits per heavy atom. The molecular weight excluding hydrogens is 264 g/mol. The quantitative estimate of drug-likeness (QED) is 0.802. The van der Waals surface area contributed by atoms with Gasteiger partial charge in [-0.05, 0) is 40.7 Å². The van der Waals surface area contributed by atoms with Gasteiger partial charge in [-0.2, -0.15) is 0 Å². The van der Waals surface area contributed by atoms with Gasteiger partial charge in [0.1, 0.15) is 0 Å². The summed E-state index contributed by atoms with van der Waals surface area (Å²) in [5.74, 6) is 0. The normalized spacial score (nSPS) is 23.5. The fourth-order valence-electron chi connectivity index (χ4n) is 3.13. The van der Waals surface area contributed by atoms with Crippen LogP contribution in [0.5, 0.6) is 0 Å². The third-order valence-corrected chi connectivity index (χ3v) is 14.6. The largest absolute Gasteiger partial charge is 0.314 e. The van der Waals surface area contributed by atoms with Crippen LogP contribution in [-0.2, 0) is 0 Å². The van der Waals surface area contributed by atoms with Crippen molar-refractivity contribution in [1.82, 2.24) is 10.2 Å². The Labute approximate surface area is 123 Å². The highest BCUT2D eigenvalue weighted by Crippen LogP contribution is 2.22. The molecule has 0 aromatic heterocycles. The molecule has 0 spiro atoms. The number of hydrogen-bond acceptors (Lipinski definition) is 2. The van der Waals surface area contributed by atoms with Gasteiger partial charge >= 0.3 is 0 Å². The van der Waals surface area contributed by atoms with Gasteiger partial charge in [0.15, 0.2) is 0 Å². The minimum absolute atomic E-state index is 0.315. The summed E-state index contributed by atoms with van der Waals surface area (Å²) in [4.78, 5) is 2.75. The second kappa shape index (κ2) is 7.20. The lowest BCUT2D eigenvalue weighted by molar-refractivity contribution is 0.0704. The minimum Gasteiger partial charge on any atom is -0.314 e. The Balaban J connectivity index is 2.78. The van der Waals surface area contributed by atoms with Crippen molar-refractivity contribution in [2.75, 3.05) is 19.6 Å². The van der Waals surface area contributed by atoms with Gasteiger partial charge < -0.3 is 5.32 Å². The van der Waals surface area contributed by atoms with Crippen LogP contribution in [0.3, 0.4) is 0 Å². The van der Waals surface area contributed by atoms with Gasteiger partial charge in [0.2, 0.25) is 0 Å². The Morgan fingerprint density at radius 1 is 1.32 bits per heavy atom. The Hall–Kier alpha value is 0.0938. The van der Waals surface area contributed by atoms with Gasteiger partial charge in [0.25, 0.3) is 0 Å².